The minimum absolute atomic E-state index is 0.542. The van der Waals surface area contributed by atoms with Crippen LogP contribution in [0.3, 0.4) is 0 Å². The molecule has 0 saturated heterocycles. The minimum atomic E-state index is 0.542. The van der Waals surface area contributed by atoms with E-state index in [-0.39, 0.29) is 0 Å². The molecule has 2 nitrogen and oxygen atoms in total. The number of halogens is 1. The third kappa shape index (κ3) is 5.10. The van der Waals surface area contributed by atoms with E-state index in [4.69, 9.17) is 16.3 Å². The lowest BCUT2D eigenvalue weighted by Crippen LogP contribution is -2.28. The molecule has 118 valence electrons. The Bertz CT molecular complexity index is 447. The lowest BCUT2D eigenvalue weighted by Gasteiger charge is -2.31. The monoisotopic (exact) mass is 309 g/mol. The van der Waals surface area contributed by atoms with Crippen LogP contribution in [-0.4, -0.2) is 12.6 Å². The summed E-state index contributed by atoms with van der Waals surface area (Å²) in [7, 11) is 0. The summed E-state index contributed by atoms with van der Waals surface area (Å²) < 4.78 is 5.70. The highest BCUT2D eigenvalue weighted by atomic mass is 35.5. The molecule has 2 atom stereocenters. The van der Waals surface area contributed by atoms with E-state index in [1.54, 1.807) is 0 Å². The van der Waals surface area contributed by atoms with Gasteiger partial charge in [-0.3, -0.25) is 0 Å². The van der Waals surface area contributed by atoms with Gasteiger partial charge in [-0.2, -0.15) is 0 Å². The standard InChI is InChI=1S/C18H28ClNO/c1-4-21-18-9-8-15(19)12-17(18)20-16-7-5-6-14(11-16)10-13(2)3/h8-9,12-14,16,20H,4-7,10-11H2,1-3H3. The van der Waals surface area contributed by atoms with Crippen molar-refractivity contribution in [1.29, 1.82) is 0 Å². The van der Waals surface area contributed by atoms with Crippen molar-refractivity contribution < 1.29 is 4.74 Å². The van der Waals surface area contributed by atoms with Crippen molar-refractivity contribution in [2.75, 3.05) is 11.9 Å². The van der Waals surface area contributed by atoms with Gasteiger partial charge in [-0.15, -0.1) is 0 Å². The Balaban J connectivity index is 2.01. The van der Waals surface area contributed by atoms with E-state index in [9.17, 15) is 0 Å². The van der Waals surface area contributed by atoms with Gasteiger partial charge in [-0.25, -0.2) is 0 Å². The number of anilines is 1. The quantitative estimate of drug-likeness (QED) is 0.721. The SMILES string of the molecule is CCOc1ccc(Cl)cc1NC1CCCC(CC(C)C)C1. The van der Waals surface area contributed by atoms with Crippen molar-refractivity contribution in [3.8, 4) is 5.75 Å². The molecule has 2 rings (SSSR count). The zero-order chi connectivity index (χ0) is 15.2. The molecule has 0 aliphatic heterocycles. The van der Waals surface area contributed by atoms with Crippen molar-refractivity contribution in [2.45, 2.75) is 58.9 Å². The summed E-state index contributed by atoms with van der Waals surface area (Å²) in [6.45, 7) is 7.33. The molecule has 0 bridgehead atoms. The van der Waals surface area contributed by atoms with E-state index in [1.807, 2.05) is 25.1 Å². The van der Waals surface area contributed by atoms with Crippen LogP contribution in [0, 0.1) is 11.8 Å². The molecule has 1 saturated carbocycles. The van der Waals surface area contributed by atoms with Crippen LogP contribution in [-0.2, 0) is 0 Å². The van der Waals surface area contributed by atoms with Crippen LogP contribution in [0.25, 0.3) is 0 Å². The van der Waals surface area contributed by atoms with E-state index < -0.39 is 0 Å². The Morgan fingerprint density at radius 3 is 2.86 bits per heavy atom. The van der Waals surface area contributed by atoms with Crippen molar-refractivity contribution in [3.63, 3.8) is 0 Å². The lowest BCUT2D eigenvalue weighted by molar-refractivity contribution is 0.288. The molecule has 1 aromatic rings. The van der Waals surface area contributed by atoms with Gasteiger partial charge in [0.25, 0.3) is 0 Å². The predicted molar refractivity (Wildman–Crippen MR) is 91.4 cm³/mol. The van der Waals surface area contributed by atoms with Crippen molar-refractivity contribution in [3.05, 3.63) is 23.2 Å². The normalized spacial score (nSPS) is 22.3. The molecule has 1 N–H and O–H groups in total. The summed E-state index contributed by atoms with van der Waals surface area (Å²) in [6.07, 6.45) is 6.54. The largest absolute Gasteiger partial charge is 0.492 e. The molecule has 1 aromatic carbocycles. The smallest absolute Gasteiger partial charge is 0.142 e. The van der Waals surface area contributed by atoms with Crippen LogP contribution >= 0.6 is 11.6 Å². The van der Waals surface area contributed by atoms with Gasteiger partial charge in [0.05, 0.1) is 12.3 Å². The van der Waals surface area contributed by atoms with Crippen LogP contribution in [0.15, 0.2) is 18.2 Å². The molecule has 3 heteroatoms. The number of ether oxygens (including phenoxy) is 1. The maximum absolute atomic E-state index is 6.14. The van der Waals surface area contributed by atoms with E-state index in [0.29, 0.717) is 12.6 Å². The summed E-state index contributed by atoms with van der Waals surface area (Å²) >= 11 is 6.14. The minimum Gasteiger partial charge on any atom is -0.492 e. The van der Waals surface area contributed by atoms with Crippen LogP contribution in [0.2, 0.25) is 5.02 Å². The predicted octanol–water partition coefficient (Wildman–Crippen LogP) is 5.76. The number of benzene rings is 1. The number of hydrogen-bond acceptors (Lipinski definition) is 2. The summed E-state index contributed by atoms with van der Waals surface area (Å²) in [5, 5.41) is 4.43. The van der Waals surface area contributed by atoms with Crippen molar-refractivity contribution in [1.82, 2.24) is 0 Å². The van der Waals surface area contributed by atoms with E-state index in [0.717, 1.165) is 28.3 Å². The zero-order valence-corrected chi connectivity index (χ0v) is 14.2. The maximum Gasteiger partial charge on any atom is 0.142 e. The molecule has 21 heavy (non-hydrogen) atoms. The fraction of sp³-hybridized carbons (Fsp3) is 0.667. The van der Waals surface area contributed by atoms with E-state index >= 15 is 0 Å². The van der Waals surface area contributed by atoms with Gasteiger partial charge in [0, 0.05) is 11.1 Å². The van der Waals surface area contributed by atoms with Gasteiger partial charge >= 0.3 is 0 Å². The average Bonchev–Trinajstić information content (AvgIpc) is 2.42. The van der Waals surface area contributed by atoms with E-state index in [1.165, 1.54) is 32.1 Å². The lowest BCUT2D eigenvalue weighted by atomic mass is 9.81. The molecule has 0 aromatic heterocycles. The fourth-order valence-electron chi connectivity index (χ4n) is 3.42. The van der Waals surface area contributed by atoms with Gasteiger partial charge in [-0.05, 0) is 56.2 Å². The van der Waals surface area contributed by atoms with Gasteiger partial charge in [0.15, 0.2) is 0 Å². The first-order chi connectivity index (χ1) is 10.1. The summed E-state index contributed by atoms with van der Waals surface area (Å²) in [6, 6.07) is 6.38. The topological polar surface area (TPSA) is 21.3 Å². The molecular weight excluding hydrogens is 282 g/mol. The Morgan fingerprint density at radius 2 is 2.14 bits per heavy atom. The molecule has 0 heterocycles. The van der Waals surface area contributed by atoms with Gasteiger partial charge in [0.1, 0.15) is 5.75 Å². The van der Waals surface area contributed by atoms with Crippen molar-refractivity contribution in [2.24, 2.45) is 11.8 Å². The molecule has 0 amide bonds. The summed E-state index contributed by atoms with van der Waals surface area (Å²) in [5.41, 5.74) is 1.04. The van der Waals surface area contributed by atoms with Gasteiger partial charge in [0.2, 0.25) is 0 Å². The first kappa shape index (κ1) is 16.5. The van der Waals surface area contributed by atoms with Gasteiger partial charge in [-0.1, -0.05) is 38.3 Å². The van der Waals surface area contributed by atoms with Crippen molar-refractivity contribution >= 4 is 17.3 Å². The van der Waals surface area contributed by atoms with Crippen LogP contribution in [0.5, 0.6) is 5.75 Å². The second-order valence-electron chi connectivity index (χ2n) is 6.58. The first-order valence-electron chi connectivity index (χ1n) is 8.27. The molecule has 1 aliphatic rings. The zero-order valence-electron chi connectivity index (χ0n) is 13.5. The van der Waals surface area contributed by atoms with Gasteiger partial charge < -0.3 is 10.1 Å². The summed E-state index contributed by atoms with van der Waals surface area (Å²) in [4.78, 5) is 0. The molecule has 1 fully saturated rings. The maximum atomic E-state index is 6.14. The molecule has 2 unspecified atom stereocenters. The number of hydrogen-bond donors (Lipinski definition) is 1. The highest BCUT2D eigenvalue weighted by Crippen LogP contribution is 2.34. The number of nitrogens with one attached hydrogen (secondary N) is 1. The van der Waals surface area contributed by atoms with Crippen LogP contribution < -0.4 is 10.1 Å². The van der Waals surface area contributed by atoms with Crippen LogP contribution in [0.4, 0.5) is 5.69 Å². The first-order valence-corrected chi connectivity index (χ1v) is 8.65. The van der Waals surface area contributed by atoms with E-state index in [2.05, 4.69) is 19.2 Å². The Kier molecular flexibility index (Phi) is 6.22. The molecule has 0 radical (unpaired) electrons. The second kappa shape index (κ2) is 7.93. The number of rotatable bonds is 6. The highest BCUT2D eigenvalue weighted by Gasteiger charge is 2.23. The average molecular weight is 310 g/mol. The summed E-state index contributed by atoms with van der Waals surface area (Å²) in [5.74, 6) is 2.55. The molecule has 1 aliphatic carbocycles. The van der Waals surface area contributed by atoms with Crippen LogP contribution in [0.1, 0.15) is 52.9 Å². The third-order valence-electron chi connectivity index (χ3n) is 4.19. The molecular formula is C18H28ClNO. The Hall–Kier alpha value is -0.890. The second-order valence-corrected chi connectivity index (χ2v) is 7.01. The fourth-order valence-corrected chi connectivity index (χ4v) is 3.59. The highest BCUT2D eigenvalue weighted by molar-refractivity contribution is 6.30. The third-order valence-corrected chi connectivity index (χ3v) is 4.42. The Labute approximate surface area is 134 Å². The molecule has 0 spiro atoms. The Morgan fingerprint density at radius 1 is 1.33 bits per heavy atom.